The topological polar surface area (TPSA) is 51.6 Å². The van der Waals surface area contributed by atoms with Crippen LogP contribution in [0.4, 0.5) is 0 Å². The predicted octanol–water partition coefficient (Wildman–Crippen LogP) is 1.39. The van der Waals surface area contributed by atoms with Crippen LogP contribution in [0.2, 0.25) is 0 Å². The van der Waals surface area contributed by atoms with Crippen LogP contribution in [0.5, 0.6) is 5.75 Å². The third kappa shape index (κ3) is 2.05. The summed E-state index contributed by atoms with van der Waals surface area (Å²) in [5.74, 6) is 0.106. The van der Waals surface area contributed by atoms with Gasteiger partial charge in [0.25, 0.3) is 0 Å². The number of rotatable bonds is 1. The summed E-state index contributed by atoms with van der Waals surface area (Å²) >= 11 is 0. The summed E-state index contributed by atoms with van der Waals surface area (Å²) in [4.78, 5) is 4.29. The SMILES string of the molecule is Cc1ccc(O)c(B2OC(C)(C)C(C)(C)O2)n1. The highest BCUT2D eigenvalue weighted by Crippen LogP contribution is 2.36. The van der Waals surface area contributed by atoms with Gasteiger partial charge in [0.05, 0.1) is 11.2 Å². The van der Waals surface area contributed by atoms with Gasteiger partial charge in [-0.1, -0.05) is 0 Å². The first-order chi connectivity index (χ1) is 7.73. The molecule has 0 aliphatic carbocycles. The molecule has 1 fully saturated rings. The summed E-state index contributed by atoms with van der Waals surface area (Å²) in [5, 5.41) is 9.81. The molecule has 5 heteroatoms. The largest absolute Gasteiger partial charge is 0.518 e. The Morgan fingerprint density at radius 1 is 1.12 bits per heavy atom. The maximum Gasteiger partial charge on any atom is 0.518 e. The van der Waals surface area contributed by atoms with Crippen LogP contribution in [0.25, 0.3) is 0 Å². The molecule has 0 unspecified atom stereocenters. The van der Waals surface area contributed by atoms with E-state index < -0.39 is 18.3 Å². The molecular formula is C12H18BNO3. The van der Waals surface area contributed by atoms with Crippen LogP contribution < -0.4 is 5.59 Å². The molecule has 0 bridgehead atoms. The smallest absolute Gasteiger partial charge is 0.507 e. The van der Waals surface area contributed by atoms with Gasteiger partial charge >= 0.3 is 7.12 Å². The second-order valence-corrected chi connectivity index (χ2v) is 5.45. The van der Waals surface area contributed by atoms with Gasteiger partial charge in [-0.2, -0.15) is 0 Å². The van der Waals surface area contributed by atoms with E-state index in [2.05, 4.69) is 4.98 Å². The van der Waals surface area contributed by atoms with Crippen LogP contribution in [-0.4, -0.2) is 28.4 Å². The number of aromatic nitrogens is 1. The Bertz CT molecular complexity index is 429. The lowest BCUT2D eigenvalue weighted by Gasteiger charge is -2.32. The molecule has 2 rings (SSSR count). The van der Waals surface area contributed by atoms with Crippen LogP contribution in [0.1, 0.15) is 33.4 Å². The van der Waals surface area contributed by atoms with Crippen LogP contribution in [0, 0.1) is 6.92 Å². The second-order valence-electron chi connectivity index (χ2n) is 5.45. The highest BCUT2D eigenvalue weighted by atomic mass is 16.7. The summed E-state index contributed by atoms with van der Waals surface area (Å²) in [7, 11) is -0.611. The van der Waals surface area contributed by atoms with E-state index >= 15 is 0 Å². The van der Waals surface area contributed by atoms with Crippen molar-refractivity contribution >= 4 is 12.7 Å². The fraction of sp³-hybridized carbons (Fsp3) is 0.583. The van der Waals surface area contributed by atoms with E-state index in [0.29, 0.717) is 5.59 Å². The molecule has 4 nitrogen and oxygen atoms in total. The van der Waals surface area contributed by atoms with Gasteiger partial charge in [-0.3, -0.25) is 4.98 Å². The molecule has 1 N–H and O–H groups in total. The van der Waals surface area contributed by atoms with Gasteiger partial charge in [0.1, 0.15) is 11.3 Å². The number of nitrogens with zero attached hydrogens (tertiary/aromatic N) is 1. The van der Waals surface area contributed by atoms with Gasteiger partial charge < -0.3 is 14.4 Å². The zero-order valence-electron chi connectivity index (χ0n) is 10.9. The molecule has 0 aromatic carbocycles. The van der Waals surface area contributed by atoms with Crippen LogP contribution in [-0.2, 0) is 9.31 Å². The van der Waals surface area contributed by atoms with Gasteiger partial charge in [0.2, 0.25) is 0 Å². The second kappa shape index (κ2) is 3.72. The summed E-state index contributed by atoms with van der Waals surface area (Å²) in [6, 6.07) is 3.37. The van der Waals surface area contributed by atoms with Crippen molar-refractivity contribution in [2.45, 2.75) is 45.8 Å². The molecule has 1 aromatic rings. The first-order valence-corrected chi connectivity index (χ1v) is 5.75. The average Bonchev–Trinajstić information content (AvgIpc) is 2.40. The van der Waals surface area contributed by atoms with Crippen LogP contribution in [0.3, 0.4) is 0 Å². The Balaban J connectivity index is 2.35. The van der Waals surface area contributed by atoms with Crippen LogP contribution in [0.15, 0.2) is 12.1 Å². The Labute approximate surface area is 102 Å². The van der Waals surface area contributed by atoms with Crippen molar-refractivity contribution in [3.05, 3.63) is 17.8 Å². The van der Waals surface area contributed by atoms with Gasteiger partial charge in [0, 0.05) is 5.69 Å². The summed E-state index contributed by atoms with van der Waals surface area (Å²) < 4.78 is 11.7. The van der Waals surface area contributed by atoms with Crippen molar-refractivity contribution in [3.63, 3.8) is 0 Å². The zero-order valence-corrected chi connectivity index (χ0v) is 10.9. The van der Waals surface area contributed by atoms with Crippen molar-refractivity contribution < 1.29 is 14.4 Å². The van der Waals surface area contributed by atoms with E-state index in [1.807, 2.05) is 34.6 Å². The van der Waals surface area contributed by atoms with Gasteiger partial charge in [0.15, 0.2) is 0 Å². The van der Waals surface area contributed by atoms with E-state index in [1.165, 1.54) is 0 Å². The van der Waals surface area contributed by atoms with E-state index in [0.717, 1.165) is 5.69 Å². The summed E-state index contributed by atoms with van der Waals surface area (Å²) in [5.41, 5.74) is 0.432. The number of hydrogen-bond acceptors (Lipinski definition) is 4. The quantitative estimate of drug-likeness (QED) is 0.747. The van der Waals surface area contributed by atoms with E-state index in [-0.39, 0.29) is 5.75 Å². The third-order valence-electron chi connectivity index (χ3n) is 3.52. The average molecular weight is 235 g/mol. The molecular weight excluding hydrogens is 217 g/mol. The van der Waals surface area contributed by atoms with Gasteiger partial charge in [-0.25, -0.2) is 0 Å². The fourth-order valence-electron chi connectivity index (χ4n) is 1.70. The van der Waals surface area contributed by atoms with Crippen LogP contribution >= 0.6 is 0 Å². The Kier molecular flexibility index (Phi) is 2.71. The minimum atomic E-state index is -0.611. The monoisotopic (exact) mass is 235 g/mol. The van der Waals surface area contributed by atoms with E-state index in [4.69, 9.17) is 9.31 Å². The molecule has 0 radical (unpaired) electrons. The van der Waals surface area contributed by atoms with Crippen molar-refractivity contribution in [1.29, 1.82) is 0 Å². The van der Waals surface area contributed by atoms with Gasteiger partial charge in [-0.05, 0) is 46.8 Å². The molecule has 0 atom stereocenters. The number of pyridine rings is 1. The molecule has 1 aromatic heterocycles. The lowest BCUT2D eigenvalue weighted by molar-refractivity contribution is 0.00578. The molecule has 0 spiro atoms. The van der Waals surface area contributed by atoms with Gasteiger partial charge in [-0.15, -0.1) is 0 Å². The summed E-state index contributed by atoms with van der Waals surface area (Å²) in [6.07, 6.45) is 0. The lowest BCUT2D eigenvalue weighted by atomic mass is 9.83. The zero-order chi connectivity index (χ0) is 12.8. The van der Waals surface area contributed by atoms with Crippen molar-refractivity contribution in [1.82, 2.24) is 4.98 Å². The van der Waals surface area contributed by atoms with E-state index in [1.54, 1.807) is 12.1 Å². The molecule has 92 valence electrons. The molecule has 17 heavy (non-hydrogen) atoms. The lowest BCUT2D eigenvalue weighted by Crippen LogP contribution is -2.41. The normalized spacial score (nSPS) is 21.8. The minimum Gasteiger partial charge on any atom is -0.507 e. The molecule has 1 aliphatic heterocycles. The van der Waals surface area contributed by atoms with Crippen molar-refractivity contribution in [3.8, 4) is 5.75 Å². The van der Waals surface area contributed by atoms with Crippen molar-refractivity contribution in [2.75, 3.05) is 0 Å². The fourth-order valence-corrected chi connectivity index (χ4v) is 1.70. The Hall–Kier alpha value is -1.07. The third-order valence-corrected chi connectivity index (χ3v) is 3.52. The first-order valence-electron chi connectivity index (χ1n) is 5.75. The Morgan fingerprint density at radius 3 is 2.18 bits per heavy atom. The molecule has 0 saturated carbocycles. The molecule has 1 aliphatic rings. The number of aryl methyl sites for hydroxylation is 1. The standard InChI is InChI=1S/C12H18BNO3/c1-8-6-7-9(15)10(14-8)13-16-11(2,3)12(4,5)17-13/h6-7,15H,1-5H3. The summed E-state index contributed by atoms with van der Waals surface area (Å²) in [6.45, 7) is 9.76. The minimum absolute atomic E-state index is 0.106. The highest BCUT2D eigenvalue weighted by molar-refractivity contribution is 6.62. The Morgan fingerprint density at radius 2 is 1.65 bits per heavy atom. The van der Waals surface area contributed by atoms with E-state index in [9.17, 15) is 5.11 Å². The molecule has 0 amide bonds. The maximum absolute atomic E-state index is 9.81. The predicted molar refractivity (Wildman–Crippen MR) is 66.4 cm³/mol. The number of hydrogen-bond donors (Lipinski definition) is 1. The van der Waals surface area contributed by atoms with Crippen molar-refractivity contribution in [2.24, 2.45) is 0 Å². The molecule has 2 heterocycles. The highest BCUT2D eigenvalue weighted by Gasteiger charge is 2.53. The maximum atomic E-state index is 9.81. The first kappa shape index (κ1) is 12.4. The molecule has 1 saturated heterocycles. The number of aromatic hydroxyl groups is 1.